The van der Waals surface area contributed by atoms with Crippen LogP contribution in [0.25, 0.3) is 0 Å². The van der Waals surface area contributed by atoms with Gasteiger partial charge in [-0.15, -0.1) is 0 Å². The average Bonchev–Trinajstić information content (AvgIpc) is 2.64. The normalized spacial score (nSPS) is 15.4. The second-order valence-electron chi connectivity index (χ2n) is 4.41. The molecule has 0 saturated heterocycles. The van der Waals surface area contributed by atoms with E-state index in [0.717, 1.165) is 23.2 Å². The van der Waals surface area contributed by atoms with E-state index in [4.69, 9.17) is 4.42 Å². The van der Waals surface area contributed by atoms with Gasteiger partial charge in [0.15, 0.2) is 0 Å². The van der Waals surface area contributed by atoms with Gasteiger partial charge in [-0.05, 0) is 47.8 Å². The van der Waals surface area contributed by atoms with Gasteiger partial charge in [0.05, 0.1) is 22.9 Å². The highest BCUT2D eigenvalue weighted by atomic mass is 79.9. The Labute approximate surface area is 105 Å². The van der Waals surface area contributed by atoms with Gasteiger partial charge in [0, 0.05) is 0 Å². The summed E-state index contributed by atoms with van der Waals surface area (Å²) in [6, 6.07) is 2.04. The van der Waals surface area contributed by atoms with E-state index in [-0.39, 0.29) is 12.1 Å². The highest BCUT2D eigenvalue weighted by Gasteiger charge is 2.13. The first-order valence-electron chi connectivity index (χ1n) is 5.66. The fraction of sp³-hybridized carbons (Fsp3) is 0.667. The highest BCUT2D eigenvalue weighted by Crippen LogP contribution is 2.24. The molecule has 1 aromatic rings. The summed E-state index contributed by atoms with van der Waals surface area (Å²) in [6.45, 7) is 6.88. The molecule has 0 radical (unpaired) electrons. The van der Waals surface area contributed by atoms with Crippen LogP contribution in [0.15, 0.2) is 21.2 Å². The molecular weight excluding hydrogens is 270 g/mol. The molecular formula is C12H20BrNO2. The molecule has 1 heterocycles. The Kier molecular flexibility index (Phi) is 5.52. The van der Waals surface area contributed by atoms with Crippen LogP contribution in [0.4, 0.5) is 0 Å². The van der Waals surface area contributed by atoms with E-state index in [2.05, 4.69) is 21.2 Å². The Morgan fingerprint density at radius 3 is 2.62 bits per heavy atom. The zero-order valence-corrected chi connectivity index (χ0v) is 11.6. The topological polar surface area (TPSA) is 45.4 Å². The first kappa shape index (κ1) is 13.7. The number of nitrogens with one attached hydrogen (secondary N) is 1. The smallest absolute Gasteiger partial charge is 0.134 e. The van der Waals surface area contributed by atoms with Crippen LogP contribution in [0.3, 0.4) is 0 Å². The van der Waals surface area contributed by atoms with Crippen LogP contribution in [0, 0.1) is 5.92 Å². The van der Waals surface area contributed by atoms with Gasteiger partial charge in [-0.3, -0.25) is 0 Å². The summed E-state index contributed by atoms with van der Waals surface area (Å²) in [7, 11) is 0. The minimum Gasteiger partial charge on any atom is -0.466 e. The molecule has 0 saturated carbocycles. The number of aliphatic hydroxyl groups excluding tert-OH is 1. The monoisotopic (exact) mass is 289 g/mol. The molecule has 0 amide bonds. The molecule has 92 valence electrons. The van der Waals surface area contributed by atoms with E-state index < -0.39 is 0 Å². The van der Waals surface area contributed by atoms with E-state index >= 15 is 0 Å². The van der Waals surface area contributed by atoms with Gasteiger partial charge in [0.1, 0.15) is 5.76 Å². The van der Waals surface area contributed by atoms with Crippen molar-refractivity contribution in [1.29, 1.82) is 0 Å². The zero-order valence-electron chi connectivity index (χ0n) is 10.0. The van der Waals surface area contributed by atoms with Gasteiger partial charge in [0.2, 0.25) is 0 Å². The molecule has 3 nitrogen and oxygen atoms in total. The second-order valence-corrected chi connectivity index (χ2v) is 5.26. The van der Waals surface area contributed by atoms with Gasteiger partial charge < -0.3 is 14.8 Å². The van der Waals surface area contributed by atoms with Crippen molar-refractivity contribution in [3.05, 3.63) is 22.6 Å². The lowest BCUT2D eigenvalue weighted by molar-refractivity contribution is 0.115. The molecule has 0 fully saturated rings. The lowest BCUT2D eigenvalue weighted by atomic mass is 10.0. The zero-order chi connectivity index (χ0) is 12.1. The minimum absolute atomic E-state index is 0.156. The van der Waals surface area contributed by atoms with Gasteiger partial charge >= 0.3 is 0 Å². The predicted molar refractivity (Wildman–Crippen MR) is 68.3 cm³/mol. The van der Waals surface area contributed by atoms with Gasteiger partial charge in [-0.1, -0.05) is 13.8 Å². The van der Waals surface area contributed by atoms with Crippen molar-refractivity contribution in [2.45, 2.75) is 39.3 Å². The molecule has 2 N–H and O–H groups in total. The van der Waals surface area contributed by atoms with E-state index in [0.29, 0.717) is 5.92 Å². The summed E-state index contributed by atoms with van der Waals surface area (Å²) < 4.78 is 6.34. The van der Waals surface area contributed by atoms with Crippen molar-refractivity contribution in [2.75, 3.05) is 6.54 Å². The largest absolute Gasteiger partial charge is 0.466 e. The first-order chi connectivity index (χ1) is 7.52. The maximum atomic E-state index is 9.65. The van der Waals surface area contributed by atoms with E-state index in [1.807, 2.05) is 26.8 Å². The van der Waals surface area contributed by atoms with Crippen LogP contribution in [-0.4, -0.2) is 17.8 Å². The molecule has 1 rings (SSSR count). The Hall–Kier alpha value is -0.320. The van der Waals surface area contributed by atoms with Crippen molar-refractivity contribution >= 4 is 15.9 Å². The molecule has 2 unspecified atom stereocenters. The fourth-order valence-corrected chi connectivity index (χ4v) is 2.03. The third-order valence-corrected chi connectivity index (χ3v) is 3.35. The predicted octanol–water partition coefficient (Wildman–Crippen LogP) is 3.10. The Morgan fingerprint density at radius 1 is 1.44 bits per heavy atom. The van der Waals surface area contributed by atoms with Crippen molar-refractivity contribution < 1.29 is 9.52 Å². The second kappa shape index (κ2) is 6.42. The summed E-state index contributed by atoms with van der Waals surface area (Å²) in [5, 5.41) is 13.0. The summed E-state index contributed by atoms with van der Waals surface area (Å²) in [5.41, 5.74) is 0. The number of hydrogen-bond donors (Lipinski definition) is 2. The third kappa shape index (κ3) is 3.92. The average molecular weight is 290 g/mol. The Morgan fingerprint density at radius 2 is 2.12 bits per heavy atom. The Balaban J connectivity index is 2.31. The fourth-order valence-electron chi connectivity index (χ4n) is 1.49. The van der Waals surface area contributed by atoms with Crippen LogP contribution in [0.1, 0.15) is 39.0 Å². The van der Waals surface area contributed by atoms with Crippen molar-refractivity contribution in [1.82, 2.24) is 5.32 Å². The third-order valence-electron chi connectivity index (χ3n) is 2.70. The summed E-state index contributed by atoms with van der Waals surface area (Å²) >= 11 is 3.43. The standard InChI is InChI=1S/C12H20BrNO2/c1-8(2)11(15)4-6-14-9(3)12-10(13)5-7-16-12/h5,7-9,11,14-15H,4,6H2,1-3H3. The van der Waals surface area contributed by atoms with Crippen molar-refractivity contribution in [2.24, 2.45) is 5.92 Å². The van der Waals surface area contributed by atoms with Crippen LogP contribution >= 0.6 is 15.9 Å². The lowest BCUT2D eigenvalue weighted by Crippen LogP contribution is -2.25. The van der Waals surface area contributed by atoms with Crippen LogP contribution in [0.2, 0.25) is 0 Å². The van der Waals surface area contributed by atoms with Crippen molar-refractivity contribution in [3.8, 4) is 0 Å². The number of hydrogen-bond acceptors (Lipinski definition) is 3. The number of aliphatic hydroxyl groups is 1. The molecule has 4 heteroatoms. The maximum Gasteiger partial charge on any atom is 0.134 e. The first-order valence-corrected chi connectivity index (χ1v) is 6.46. The molecule has 2 atom stereocenters. The molecule has 0 aliphatic rings. The quantitative estimate of drug-likeness (QED) is 0.846. The molecule has 0 aliphatic carbocycles. The molecule has 16 heavy (non-hydrogen) atoms. The van der Waals surface area contributed by atoms with Crippen molar-refractivity contribution in [3.63, 3.8) is 0 Å². The van der Waals surface area contributed by atoms with Gasteiger partial charge in [0.25, 0.3) is 0 Å². The van der Waals surface area contributed by atoms with E-state index in [1.54, 1.807) is 6.26 Å². The van der Waals surface area contributed by atoms with Crippen LogP contribution < -0.4 is 5.32 Å². The van der Waals surface area contributed by atoms with Gasteiger partial charge in [-0.2, -0.15) is 0 Å². The number of furan rings is 1. The van der Waals surface area contributed by atoms with Crippen LogP contribution in [0.5, 0.6) is 0 Å². The SMILES string of the molecule is CC(NCCC(O)C(C)C)c1occc1Br. The number of halogens is 1. The minimum atomic E-state index is -0.236. The summed E-state index contributed by atoms with van der Waals surface area (Å²) in [6.07, 6.45) is 2.20. The van der Waals surface area contributed by atoms with Crippen LogP contribution in [-0.2, 0) is 0 Å². The summed E-state index contributed by atoms with van der Waals surface area (Å²) in [4.78, 5) is 0. The molecule has 0 aromatic carbocycles. The molecule has 0 spiro atoms. The van der Waals surface area contributed by atoms with E-state index in [1.165, 1.54) is 0 Å². The lowest BCUT2D eigenvalue weighted by Gasteiger charge is -2.17. The maximum absolute atomic E-state index is 9.65. The molecule has 0 aliphatic heterocycles. The molecule has 1 aromatic heterocycles. The van der Waals surface area contributed by atoms with E-state index in [9.17, 15) is 5.11 Å². The Bertz CT molecular complexity index is 312. The summed E-state index contributed by atoms with van der Waals surface area (Å²) in [5.74, 6) is 1.21. The number of rotatable bonds is 6. The highest BCUT2D eigenvalue weighted by molar-refractivity contribution is 9.10. The molecule has 0 bridgehead atoms. The van der Waals surface area contributed by atoms with Gasteiger partial charge in [-0.25, -0.2) is 0 Å².